The number of ether oxygens (including phenoxy) is 1. The standard InChI is InChI=1S/C14H20N2O4S/c1-20-13-7-3-5-11(9-13)14(17)15-12-6-4-8-16(10-12)21(2,18)19/h3,5,7,9,12H,4,6,8,10H2,1-2H3,(H,15,17). The van der Waals surface area contributed by atoms with Crippen molar-refractivity contribution in [3.8, 4) is 5.75 Å². The highest BCUT2D eigenvalue weighted by Gasteiger charge is 2.27. The number of benzene rings is 1. The number of nitrogens with one attached hydrogen (secondary N) is 1. The second kappa shape index (κ2) is 6.44. The van der Waals surface area contributed by atoms with Gasteiger partial charge in [0.2, 0.25) is 10.0 Å². The van der Waals surface area contributed by atoms with Crippen LogP contribution in [0.25, 0.3) is 0 Å². The van der Waals surface area contributed by atoms with Gasteiger partial charge in [0.05, 0.1) is 13.4 Å². The summed E-state index contributed by atoms with van der Waals surface area (Å²) in [6.45, 7) is 0.846. The molecule has 1 fully saturated rings. The van der Waals surface area contributed by atoms with E-state index in [4.69, 9.17) is 4.74 Å². The summed E-state index contributed by atoms with van der Waals surface area (Å²) >= 11 is 0. The van der Waals surface area contributed by atoms with Crippen LogP contribution in [0.4, 0.5) is 0 Å². The Morgan fingerprint density at radius 2 is 2.19 bits per heavy atom. The van der Waals surface area contributed by atoms with Gasteiger partial charge in [0.1, 0.15) is 5.75 Å². The Morgan fingerprint density at radius 3 is 2.86 bits per heavy atom. The van der Waals surface area contributed by atoms with Crippen molar-refractivity contribution in [1.82, 2.24) is 9.62 Å². The fourth-order valence-electron chi connectivity index (χ4n) is 2.39. The largest absolute Gasteiger partial charge is 0.497 e. The average Bonchev–Trinajstić information content (AvgIpc) is 2.46. The molecule has 1 aliphatic heterocycles. The maximum Gasteiger partial charge on any atom is 0.251 e. The van der Waals surface area contributed by atoms with Crippen LogP contribution >= 0.6 is 0 Å². The van der Waals surface area contributed by atoms with Crippen LogP contribution in [0.2, 0.25) is 0 Å². The Labute approximate surface area is 125 Å². The fraction of sp³-hybridized carbons (Fsp3) is 0.500. The normalized spacial score (nSPS) is 20.0. The van der Waals surface area contributed by atoms with Crippen LogP contribution in [0.1, 0.15) is 23.2 Å². The number of carbonyl (C=O) groups excluding carboxylic acids is 1. The van der Waals surface area contributed by atoms with Gasteiger partial charge < -0.3 is 10.1 Å². The van der Waals surface area contributed by atoms with E-state index in [-0.39, 0.29) is 11.9 Å². The third-order valence-corrected chi connectivity index (χ3v) is 4.79. The lowest BCUT2D eigenvalue weighted by Gasteiger charge is -2.31. The van der Waals surface area contributed by atoms with E-state index in [1.165, 1.54) is 10.6 Å². The first kappa shape index (κ1) is 15.8. The van der Waals surface area contributed by atoms with Gasteiger partial charge in [-0.2, -0.15) is 0 Å². The molecule has 0 saturated carbocycles. The minimum absolute atomic E-state index is 0.160. The van der Waals surface area contributed by atoms with E-state index in [0.29, 0.717) is 24.4 Å². The number of rotatable bonds is 4. The van der Waals surface area contributed by atoms with Crippen LogP contribution < -0.4 is 10.1 Å². The molecule has 1 atom stereocenters. The van der Waals surface area contributed by atoms with Crippen molar-refractivity contribution in [3.63, 3.8) is 0 Å². The molecule has 1 aliphatic rings. The van der Waals surface area contributed by atoms with E-state index in [0.717, 1.165) is 12.8 Å². The molecule has 0 aliphatic carbocycles. The number of methoxy groups -OCH3 is 1. The highest BCUT2D eigenvalue weighted by molar-refractivity contribution is 7.88. The number of hydrogen-bond acceptors (Lipinski definition) is 4. The van der Waals surface area contributed by atoms with Crippen molar-refractivity contribution in [2.45, 2.75) is 18.9 Å². The predicted molar refractivity (Wildman–Crippen MR) is 79.9 cm³/mol. The summed E-state index contributed by atoms with van der Waals surface area (Å²) in [5.41, 5.74) is 0.505. The monoisotopic (exact) mass is 312 g/mol. The number of nitrogens with zero attached hydrogens (tertiary/aromatic N) is 1. The molecule has 7 heteroatoms. The lowest BCUT2D eigenvalue weighted by atomic mass is 10.1. The molecule has 2 rings (SSSR count). The lowest BCUT2D eigenvalue weighted by Crippen LogP contribution is -2.49. The average molecular weight is 312 g/mol. The van der Waals surface area contributed by atoms with Crippen molar-refractivity contribution >= 4 is 15.9 Å². The Balaban J connectivity index is 2.02. The molecule has 1 aromatic carbocycles. The van der Waals surface area contributed by atoms with Crippen molar-refractivity contribution in [2.24, 2.45) is 0 Å². The zero-order valence-electron chi connectivity index (χ0n) is 12.2. The van der Waals surface area contributed by atoms with Crippen molar-refractivity contribution in [1.29, 1.82) is 0 Å². The molecule has 0 spiro atoms. The Hall–Kier alpha value is -1.60. The van der Waals surface area contributed by atoms with E-state index in [1.54, 1.807) is 31.4 Å². The molecule has 0 aromatic heterocycles. The van der Waals surface area contributed by atoms with E-state index >= 15 is 0 Å². The number of amides is 1. The van der Waals surface area contributed by atoms with E-state index in [9.17, 15) is 13.2 Å². The zero-order chi connectivity index (χ0) is 15.5. The molecule has 6 nitrogen and oxygen atoms in total. The van der Waals surface area contributed by atoms with Crippen molar-refractivity contribution in [2.75, 3.05) is 26.5 Å². The Bertz CT molecular complexity index is 615. The zero-order valence-corrected chi connectivity index (χ0v) is 13.0. The summed E-state index contributed by atoms with van der Waals surface area (Å²) < 4.78 is 29.6. The summed E-state index contributed by atoms with van der Waals surface area (Å²) in [6, 6.07) is 6.72. The van der Waals surface area contributed by atoms with Gasteiger partial charge in [-0.1, -0.05) is 6.07 Å². The topological polar surface area (TPSA) is 75.7 Å². The summed E-state index contributed by atoms with van der Waals surface area (Å²) in [5.74, 6) is 0.401. The van der Waals surface area contributed by atoms with Gasteiger partial charge in [0.25, 0.3) is 5.91 Å². The second-order valence-electron chi connectivity index (χ2n) is 5.17. The van der Waals surface area contributed by atoms with Crippen molar-refractivity contribution < 1.29 is 17.9 Å². The highest BCUT2D eigenvalue weighted by Crippen LogP contribution is 2.15. The van der Waals surface area contributed by atoms with Crippen molar-refractivity contribution in [3.05, 3.63) is 29.8 Å². The van der Waals surface area contributed by atoms with Crippen LogP contribution in [0.5, 0.6) is 5.75 Å². The lowest BCUT2D eigenvalue weighted by molar-refractivity contribution is 0.0921. The summed E-state index contributed by atoms with van der Waals surface area (Å²) in [5, 5.41) is 2.89. The minimum atomic E-state index is -3.21. The quantitative estimate of drug-likeness (QED) is 0.894. The van der Waals surface area contributed by atoms with Gasteiger partial charge in [-0.05, 0) is 31.0 Å². The molecular weight excluding hydrogens is 292 g/mol. The fourth-order valence-corrected chi connectivity index (χ4v) is 3.31. The molecule has 1 unspecified atom stereocenters. The first-order chi connectivity index (χ1) is 9.90. The maximum absolute atomic E-state index is 12.2. The van der Waals surface area contributed by atoms with Crippen LogP contribution in [-0.4, -0.2) is 51.1 Å². The van der Waals surface area contributed by atoms with Gasteiger partial charge in [-0.15, -0.1) is 0 Å². The van der Waals surface area contributed by atoms with Gasteiger partial charge in [0.15, 0.2) is 0 Å². The summed E-state index contributed by atoms with van der Waals surface area (Å²) in [7, 11) is -1.66. The predicted octanol–water partition coefficient (Wildman–Crippen LogP) is 0.849. The Morgan fingerprint density at radius 1 is 1.43 bits per heavy atom. The SMILES string of the molecule is COc1cccc(C(=O)NC2CCCN(S(C)(=O)=O)C2)c1. The summed E-state index contributed by atoms with van der Waals surface area (Å²) in [6.07, 6.45) is 2.72. The van der Waals surface area contributed by atoms with Gasteiger partial charge >= 0.3 is 0 Å². The molecular formula is C14H20N2O4S. The molecule has 1 N–H and O–H groups in total. The number of sulfonamides is 1. The minimum Gasteiger partial charge on any atom is -0.497 e. The van der Waals surface area contributed by atoms with Gasteiger partial charge in [-0.25, -0.2) is 12.7 Å². The van der Waals surface area contributed by atoms with Crippen LogP contribution in [0, 0.1) is 0 Å². The molecule has 116 valence electrons. The van der Waals surface area contributed by atoms with E-state index in [1.807, 2.05) is 0 Å². The molecule has 0 radical (unpaired) electrons. The molecule has 1 heterocycles. The van der Waals surface area contributed by atoms with E-state index < -0.39 is 10.0 Å². The Kier molecular flexibility index (Phi) is 4.84. The van der Waals surface area contributed by atoms with Crippen LogP contribution in [-0.2, 0) is 10.0 Å². The number of piperidine rings is 1. The van der Waals surface area contributed by atoms with Gasteiger partial charge in [-0.3, -0.25) is 4.79 Å². The smallest absolute Gasteiger partial charge is 0.251 e. The second-order valence-corrected chi connectivity index (χ2v) is 7.15. The molecule has 1 amide bonds. The molecule has 0 bridgehead atoms. The van der Waals surface area contributed by atoms with Crippen LogP contribution in [0.3, 0.4) is 0 Å². The third-order valence-electron chi connectivity index (χ3n) is 3.52. The highest BCUT2D eigenvalue weighted by atomic mass is 32.2. The molecule has 1 aromatic rings. The third kappa shape index (κ3) is 4.18. The number of hydrogen-bond donors (Lipinski definition) is 1. The van der Waals surface area contributed by atoms with Crippen LogP contribution in [0.15, 0.2) is 24.3 Å². The first-order valence-electron chi connectivity index (χ1n) is 6.80. The first-order valence-corrected chi connectivity index (χ1v) is 8.65. The number of carbonyl (C=O) groups is 1. The maximum atomic E-state index is 12.2. The summed E-state index contributed by atoms with van der Waals surface area (Å²) in [4.78, 5) is 12.2. The van der Waals surface area contributed by atoms with E-state index in [2.05, 4.69) is 5.32 Å². The van der Waals surface area contributed by atoms with Gasteiger partial charge in [0, 0.05) is 24.7 Å². The molecule has 21 heavy (non-hydrogen) atoms. The molecule has 1 saturated heterocycles.